The molecule has 0 spiro atoms. The van der Waals surface area contributed by atoms with Crippen molar-refractivity contribution in [3.8, 4) is 5.75 Å². The van der Waals surface area contributed by atoms with Gasteiger partial charge in [-0.1, -0.05) is 23.7 Å². The van der Waals surface area contributed by atoms with Gasteiger partial charge in [0.1, 0.15) is 11.4 Å². The number of nitrogens with zero attached hydrogens (tertiary/aromatic N) is 1. The first-order valence-electron chi connectivity index (χ1n) is 10.6. The zero-order valence-electron chi connectivity index (χ0n) is 17.8. The highest BCUT2D eigenvalue weighted by atomic mass is 35.5. The van der Waals surface area contributed by atoms with Crippen LogP contribution in [0.3, 0.4) is 0 Å². The van der Waals surface area contributed by atoms with Crippen LogP contribution in [0.2, 0.25) is 5.02 Å². The van der Waals surface area contributed by atoms with E-state index in [2.05, 4.69) is 5.32 Å². The molecular weight excluding hydrogens is 457 g/mol. The number of alkyl halides is 3. The first-order valence-corrected chi connectivity index (χ1v) is 11.0. The van der Waals surface area contributed by atoms with Gasteiger partial charge in [-0.25, -0.2) is 0 Å². The summed E-state index contributed by atoms with van der Waals surface area (Å²) in [5.41, 5.74) is -1.08. The summed E-state index contributed by atoms with van der Waals surface area (Å²) >= 11 is 5.91. The van der Waals surface area contributed by atoms with Gasteiger partial charge in [0.05, 0.1) is 12.2 Å². The highest BCUT2D eigenvalue weighted by molar-refractivity contribution is 6.45. The summed E-state index contributed by atoms with van der Waals surface area (Å²) in [6.07, 6.45) is -2.56. The number of nitrogens with one attached hydrogen (secondary N) is 1. The molecule has 0 aliphatic heterocycles. The number of hydrogen-bond donors (Lipinski definition) is 1. The number of Topliss-reactive ketones (excluding diaryl/α,β-unsaturated/α-hetero) is 1. The maximum absolute atomic E-state index is 14.4. The van der Waals surface area contributed by atoms with Crippen molar-refractivity contribution in [2.75, 3.05) is 6.61 Å². The number of carbonyl (C=O) groups excluding carboxylic acids is 2. The van der Waals surface area contributed by atoms with E-state index in [0.29, 0.717) is 35.8 Å². The number of carbonyl (C=O) groups is 2. The number of rotatable bonds is 7. The standard InChI is InChI=1S/C24H22ClF3N2O3/c1-2-33-17-10-11-19-18(12-17)20(21(31)23(32)29-16-4-3-5-16)22(24(26,27)28)30(19)13-14-6-8-15(25)9-7-14/h6-12,16H,2-5,13H2,1H3,(H,29,32). The minimum Gasteiger partial charge on any atom is -0.494 e. The van der Waals surface area contributed by atoms with Crippen molar-refractivity contribution in [2.24, 2.45) is 0 Å². The zero-order valence-corrected chi connectivity index (χ0v) is 18.6. The molecule has 4 rings (SSSR count). The average Bonchev–Trinajstić information content (AvgIpc) is 3.05. The topological polar surface area (TPSA) is 60.3 Å². The van der Waals surface area contributed by atoms with Crippen molar-refractivity contribution in [3.63, 3.8) is 0 Å². The zero-order chi connectivity index (χ0) is 23.8. The molecule has 2 aromatic carbocycles. The number of amides is 1. The van der Waals surface area contributed by atoms with Crippen molar-refractivity contribution in [1.29, 1.82) is 0 Å². The molecule has 33 heavy (non-hydrogen) atoms. The smallest absolute Gasteiger partial charge is 0.432 e. The van der Waals surface area contributed by atoms with E-state index in [0.717, 1.165) is 11.0 Å². The summed E-state index contributed by atoms with van der Waals surface area (Å²) in [5.74, 6) is -1.92. The van der Waals surface area contributed by atoms with E-state index in [1.807, 2.05) is 0 Å². The van der Waals surface area contributed by atoms with Crippen molar-refractivity contribution in [2.45, 2.75) is 44.9 Å². The average molecular weight is 479 g/mol. The van der Waals surface area contributed by atoms with Gasteiger partial charge in [0.25, 0.3) is 11.7 Å². The molecule has 1 N–H and O–H groups in total. The lowest BCUT2D eigenvalue weighted by molar-refractivity contribution is -0.143. The van der Waals surface area contributed by atoms with Crippen molar-refractivity contribution in [3.05, 3.63) is 64.3 Å². The molecule has 0 saturated heterocycles. The van der Waals surface area contributed by atoms with Gasteiger partial charge in [-0.05, 0) is 62.1 Å². The fraction of sp³-hybridized carbons (Fsp3) is 0.333. The molecule has 1 heterocycles. The first-order chi connectivity index (χ1) is 15.7. The van der Waals surface area contributed by atoms with Crippen LogP contribution < -0.4 is 10.1 Å². The van der Waals surface area contributed by atoms with Crippen LogP contribution in [0.1, 0.15) is 47.8 Å². The third kappa shape index (κ3) is 4.71. The van der Waals surface area contributed by atoms with Gasteiger partial charge < -0.3 is 14.6 Å². The number of benzene rings is 2. The fourth-order valence-electron chi connectivity index (χ4n) is 3.97. The Labute approximate surface area is 193 Å². The number of hydrogen-bond acceptors (Lipinski definition) is 3. The second-order valence-corrected chi connectivity index (χ2v) is 8.41. The van der Waals surface area contributed by atoms with Crippen LogP contribution in [-0.4, -0.2) is 28.9 Å². The van der Waals surface area contributed by atoms with Gasteiger partial charge in [-0.3, -0.25) is 9.59 Å². The lowest BCUT2D eigenvalue weighted by atomic mass is 9.93. The molecule has 9 heteroatoms. The van der Waals surface area contributed by atoms with E-state index in [4.69, 9.17) is 16.3 Å². The Bertz CT molecular complexity index is 1200. The lowest BCUT2D eigenvalue weighted by Crippen LogP contribution is -2.43. The summed E-state index contributed by atoms with van der Waals surface area (Å²) in [5, 5.41) is 3.03. The number of fused-ring (bicyclic) bond motifs is 1. The highest BCUT2D eigenvalue weighted by Crippen LogP contribution is 2.40. The molecule has 0 bridgehead atoms. The Morgan fingerprint density at radius 2 is 1.85 bits per heavy atom. The lowest BCUT2D eigenvalue weighted by Gasteiger charge is -2.26. The van der Waals surface area contributed by atoms with E-state index in [1.54, 1.807) is 37.3 Å². The molecule has 1 aromatic heterocycles. The molecule has 1 aliphatic carbocycles. The van der Waals surface area contributed by atoms with Crippen molar-refractivity contribution < 1.29 is 27.5 Å². The third-order valence-electron chi connectivity index (χ3n) is 5.74. The van der Waals surface area contributed by atoms with Gasteiger partial charge in [0.2, 0.25) is 0 Å². The minimum atomic E-state index is -4.88. The largest absolute Gasteiger partial charge is 0.494 e. The molecule has 0 radical (unpaired) electrons. The SMILES string of the molecule is CCOc1ccc2c(c1)c(C(=O)C(=O)NC1CCC1)c(C(F)(F)F)n2Cc1ccc(Cl)cc1. The Kier molecular flexibility index (Phi) is 6.38. The molecule has 1 saturated carbocycles. The van der Waals surface area contributed by atoms with Crippen LogP contribution in [0.25, 0.3) is 10.9 Å². The fourth-order valence-corrected chi connectivity index (χ4v) is 4.09. The number of aromatic nitrogens is 1. The van der Waals surface area contributed by atoms with E-state index in [-0.39, 0.29) is 23.5 Å². The quantitative estimate of drug-likeness (QED) is 0.354. The van der Waals surface area contributed by atoms with Crippen LogP contribution in [-0.2, 0) is 17.5 Å². The van der Waals surface area contributed by atoms with E-state index >= 15 is 0 Å². The highest BCUT2D eigenvalue weighted by Gasteiger charge is 2.43. The maximum atomic E-state index is 14.4. The molecule has 1 aliphatic rings. The molecule has 1 amide bonds. The van der Waals surface area contributed by atoms with Crippen LogP contribution in [0, 0.1) is 0 Å². The summed E-state index contributed by atoms with van der Waals surface area (Å²) in [6.45, 7) is 1.89. The van der Waals surface area contributed by atoms with Gasteiger partial charge in [-0.15, -0.1) is 0 Å². The van der Waals surface area contributed by atoms with E-state index < -0.39 is 29.1 Å². The first kappa shape index (κ1) is 23.2. The summed E-state index contributed by atoms with van der Waals surface area (Å²) in [4.78, 5) is 25.7. The van der Waals surface area contributed by atoms with Crippen LogP contribution in [0.5, 0.6) is 5.75 Å². The normalized spacial score (nSPS) is 14.2. The maximum Gasteiger partial charge on any atom is 0.432 e. The van der Waals surface area contributed by atoms with Gasteiger partial charge in [-0.2, -0.15) is 13.2 Å². The third-order valence-corrected chi connectivity index (χ3v) is 5.99. The Hall–Kier alpha value is -3.00. The molecule has 1 fully saturated rings. The second-order valence-electron chi connectivity index (χ2n) is 7.98. The van der Waals surface area contributed by atoms with Gasteiger partial charge in [0.15, 0.2) is 0 Å². The molecule has 5 nitrogen and oxygen atoms in total. The van der Waals surface area contributed by atoms with Crippen LogP contribution in [0.15, 0.2) is 42.5 Å². The molecule has 3 aromatic rings. The van der Waals surface area contributed by atoms with Crippen LogP contribution >= 0.6 is 11.6 Å². The Morgan fingerprint density at radius 1 is 1.15 bits per heavy atom. The molecule has 174 valence electrons. The van der Waals surface area contributed by atoms with E-state index in [1.165, 1.54) is 12.1 Å². The second kappa shape index (κ2) is 9.09. The monoisotopic (exact) mass is 478 g/mol. The van der Waals surface area contributed by atoms with Gasteiger partial charge in [0, 0.05) is 28.5 Å². The summed E-state index contributed by atoms with van der Waals surface area (Å²) in [6, 6.07) is 10.6. The Balaban J connectivity index is 1.90. The molecule has 0 unspecified atom stereocenters. The predicted molar refractivity (Wildman–Crippen MR) is 119 cm³/mol. The summed E-state index contributed by atoms with van der Waals surface area (Å²) in [7, 11) is 0. The molecule has 0 atom stereocenters. The van der Waals surface area contributed by atoms with E-state index in [9.17, 15) is 22.8 Å². The predicted octanol–water partition coefficient (Wildman–Crippen LogP) is 5.61. The number of ketones is 1. The summed E-state index contributed by atoms with van der Waals surface area (Å²) < 4.78 is 49.6. The van der Waals surface area contributed by atoms with Crippen molar-refractivity contribution >= 4 is 34.2 Å². The minimum absolute atomic E-state index is 0.0241. The van der Waals surface area contributed by atoms with Crippen LogP contribution in [0.4, 0.5) is 13.2 Å². The Morgan fingerprint density at radius 3 is 2.42 bits per heavy atom. The number of halogens is 4. The van der Waals surface area contributed by atoms with Crippen molar-refractivity contribution in [1.82, 2.24) is 9.88 Å². The number of ether oxygens (including phenoxy) is 1. The van der Waals surface area contributed by atoms with Gasteiger partial charge >= 0.3 is 6.18 Å². The molecular formula is C24H22ClF3N2O3.